The van der Waals surface area contributed by atoms with Crippen molar-refractivity contribution in [2.45, 2.75) is 39.8 Å². The first-order chi connectivity index (χ1) is 7.65. The normalized spacial score (nSPS) is 13.3. The molecule has 1 aromatic heterocycles. The molecule has 0 aliphatic heterocycles. The lowest BCUT2D eigenvalue weighted by molar-refractivity contribution is 0.126. The van der Waals surface area contributed by atoms with E-state index in [2.05, 4.69) is 4.57 Å². The number of aromatic nitrogens is 1. The van der Waals surface area contributed by atoms with Gasteiger partial charge in [0.05, 0.1) is 6.10 Å². The minimum atomic E-state index is -0.354. The van der Waals surface area contributed by atoms with Crippen LogP contribution in [0.5, 0.6) is 0 Å². The van der Waals surface area contributed by atoms with Crippen LogP contribution >= 0.6 is 0 Å². The fourth-order valence-electron chi connectivity index (χ4n) is 1.65. The Morgan fingerprint density at radius 1 is 1.44 bits per heavy atom. The molecule has 1 aromatic rings. The molecule has 1 unspecified atom stereocenters. The van der Waals surface area contributed by atoms with Crippen molar-refractivity contribution in [3.63, 3.8) is 0 Å². The van der Waals surface area contributed by atoms with E-state index in [0.29, 0.717) is 0 Å². The van der Waals surface area contributed by atoms with Crippen LogP contribution in [0.15, 0.2) is 18.5 Å². The fraction of sp³-hybridized carbons (Fsp3) is 0.692. The third kappa shape index (κ3) is 3.99. The SMILES string of the molecule is CCOCCCn1ccc(C(O)C(C)C)c1. The molecule has 3 heteroatoms. The summed E-state index contributed by atoms with van der Waals surface area (Å²) in [6, 6.07) is 1.99. The number of aliphatic hydroxyl groups excluding tert-OH is 1. The Labute approximate surface area is 98.0 Å². The zero-order chi connectivity index (χ0) is 12.0. The summed E-state index contributed by atoms with van der Waals surface area (Å²) in [6.07, 6.45) is 4.71. The molecule has 1 N–H and O–H groups in total. The van der Waals surface area contributed by atoms with Crippen LogP contribution in [0.4, 0.5) is 0 Å². The number of hydrogen-bond acceptors (Lipinski definition) is 2. The van der Waals surface area contributed by atoms with Crippen molar-refractivity contribution in [2.75, 3.05) is 13.2 Å². The summed E-state index contributed by atoms with van der Waals surface area (Å²) in [7, 11) is 0. The Kier molecular flexibility index (Phi) is 5.56. The van der Waals surface area contributed by atoms with Gasteiger partial charge in [-0.15, -0.1) is 0 Å². The largest absolute Gasteiger partial charge is 0.388 e. The average molecular weight is 225 g/mol. The minimum absolute atomic E-state index is 0.263. The lowest BCUT2D eigenvalue weighted by atomic mass is 10.0. The van der Waals surface area contributed by atoms with Crippen LogP contribution in [0.3, 0.4) is 0 Å². The second-order valence-corrected chi connectivity index (χ2v) is 4.42. The first kappa shape index (κ1) is 13.3. The highest BCUT2D eigenvalue weighted by Crippen LogP contribution is 2.21. The maximum absolute atomic E-state index is 9.88. The molecule has 0 bridgehead atoms. The van der Waals surface area contributed by atoms with Crippen molar-refractivity contribution in [1.29, 1.82) is 0 Å². The minimum Gasteiger partial charge on any atom is -0.388 e. The maximum atomic E-state index is 9.88. The van der Waals surface area contributed by atoms with Gasteiger partial charge in [0.25, 0.3) is 0 Å². The number of aryl methyl sites for hydroxylation is 1. The summed E-state index contributed by atoms with van der Waals surface area (Å²) < 4.78 is 7.40. The lowest BCUT2D eigenvalue weighted by Crippen LogP contribution is -2.05. The van der Waals surface area contributed by atoms with Crippen LogP contribution in [-0.2, 0) is 11.3 Å². The molecule has 0 saturated carbocycles. The van der Waals surface area contributed by atoms with E-state index in [-0.39, 0.29) is 12.0 Å². The summed E-state index contributed by atoms with van der Waals surface area (Å²) >= 11 is 0. The van der Waals surface area contributed by atoms with Crippen LogP contribution in [0.1, 0.15) is 38.9 Å². The quantitative estimate of drug-likeness (QED) is 0.724. The van der Waals surface area contributed by atoms with Crippen LogP contribution in [-0.4, -0.2) is 22.9 Å². The number of nitrogens with zero attached hydrogens (tertiary/aromatic N) is 1. The third-order valence-corrected chi connectivity index (χ3v) is 2.66. The van der Waals surface area contributed by atoms with E-state index < -0.39 is 0 Å². The second kappa shape index (κ2) is 6.71. The molecule has 1 rings (SSSR count). The van der Waals surface area contributed by atoms with E-state index in [0.717, 1.165) is 31.7 Å². The van der Waals surface area contributed by atoms with Crippen molar-refractivity contribution < 1.29 is 9.84 Å². The molecule has 0 aromatic carbocycles. The van der Waals surface area contributed by atoms with E-state index >= 15 is 0 Å². The van der Waals surface area contributed by atoms with E-state index in [1.807, 2.05) is 39.2 Å². The second-order valence-electron chi connectivity index (χ2n) is 4.42. The van der Waals surface area contributed by atoms with Crippen LogP contribution in [0.2, 0.25) is 0 Å². The third-order valence-electron chi connectivity index (χ3n) is 2.66. The summed E-state index contributed by atoms with van der Waals surface area (Å²) in [5.74, 6) is 0.263. The van der Waals surface area contributed by atoms with E-state index in [4.69, 9.17) is 4.74 Å². The van der Waals surface area contributed by atoms with Crippen molar-refractivity contribution in [1.82, 2.24) is 4.57 Å². The Morgan fingerprint density at radius 3 is 2.81 bits per heavy atom. The highest BCUT2D eigenvalue weighted by Gasteiger charge is 2.12. The molecule has 16 heavy (non-hydrogen) atoms. The van der Waals surface area contributed by atoms with Gasteiger partial charge in [-0.1, -0.05) is 13.8 Å². The van der Waals surface area contributed by atoms with E-state index in [1.165, 1.54) is 0 Å². The molecule has 0 aliphatic rings. The molecular weight excluding hydrogens is 202 g/mol. The van der Waals surface area contributed by atoms with Gasteiger partial charge >= 0.3 is 0 Å². The van der Waals surface area contributed by atoms with Gasteiger partial charge in [-0.05, 0) is 30.9 Å². The Bertz CT molecular complexity index is 294. The highest BCUT2D eigenvalue weighted by atomic mass is 16.5. The summed E-state index contributed by atoms with van der Waals surface area (Å²) in [5, 5.41) is 9.88. The van der Waals surface area contributed by atoms with Gasteiger partial charge in [0, 0.05) is 32.2 Å². The Hall–Kier alpha value is -0.800. The molecule has 0 amide bonds. The molecule has 1 heterocycles. The topological polar surface area (TPSA) is 34.4 Å². The van der Waals surface area contributed by atoms with Gasteiger partial charge in [0.1, 0.15) is 0 Å². The van der Waals surface area contributed by atoms with Gasteiger partial charge in [0.15, 0.2) is 0 Å². The van der Waals surface area contributed by atoms with Gasteiger partial charge in [-0.25, -0.2) is 0 Å². The molecule has 0 saturated heterocycles. The number of aliphatic hydroxyl groups is 1. The first-order valence-electron chi connectivity index (χ1n) is 6.06. The number of ether oxygens (including phenoxy) is 1. The first-order valence-corrected chi connectivity index (χ1v) is 6.06. The van der Waals surface area contributed by atoms with Crippen LogP contribution in [0.25, 0.3) is 0 Å². The predicted octanol–water partition coefficient (Wildman–Crippen LogP) is 2.60. The van der Waals surface area contributed by atoms with Crippen molar-refractivity contribution in [3.05, 3.63) is 24.0 Å². The van der Waals surface area contributed by atoms with Crippen LogP contribution < -0.4 is 0 Å². The van der Waals surface area contributed by atoms with Crippen molar-refractivity contribution in [3.8, 4) is 0 Å². The molecule has 0 radical (unpaired) electrons. The molecular formula is C13H23NO2. The Balaban J connectivity index is 2.39. The predicted molar refractivity (Wildman–Crippen MR) is 65.3 cm³/mol. The van der Waals surface area contributed by atoms with E-state index in [1.54, 1.807) is 0 Å². The van der Waals surface area contributed by atoms with Gasteiger partial charge in [0.2, 0.25) is 0 Å². The Morgan fingerprint density at radius 2 is 2.19 bits per heavy atom. The summed E-state index contributed by atoms with van der Waals surface area (Å²) in [6.45, 7) is 8.59. The van der Waals surface area contributed by atoms with Gasteiger partial charge < -0.3 is 14.4 Å². The lowest BCUT2D eigenvalue weighted by Gasteiger charge is -2.12. The zero-order valence-electron chi connectivity index (χ0n) is 10.5. The molecule has 3 nitrogen and oxygen atoms in total. The molecule has 92 valence electrons. The monoisotopic (exact) mass is 225 g/mol. The maximum Gasteiger partial charge on any atom is 0.0827 e. The zero-order valence-corrected chi connectivity index (χ0v) is 10.5. The fourth-order valence-corrected chi connectivity index (χ4v) is 1.65. The highest BCUT2D eigenvalue weighted by molar-refractivity contribution is 5.13. The molecule has 0 aliphatic carbocycles. The van der Waals surface area contributed by atoms with Crippen LogP contribution in [0, 0.1) is 5.92 Å². The number of rotatable bonds is 7. The van der Waals surface area contributed by atoms with Crippen molar-refractivity contribution >= 4 is 0 Å². The molecule has 0 spiro atoms. The molecule has 1 atom stereocenters. The molecule has 0 fully saturated rings. The smallest absolute Gasteiger partial charge is 0.0827 e. The standard InChI is InChI=1S/C13H23NO2/c1-4-16-9-5-7-14-8-6-12(10-14)13(15)11(2)3/h6,8,10-11,13,15H,4-5,7,9H2,1-3H3. The average Bonchev–Trinajstić information content (AvgIpc) is 2.72. The summed E-state index contributed by atoms with van der Waals surface area (Å²) in [4.78, 5) is 0. The number of hydrogen-bond donors (Lipinski definition) is 1. The van der Waals surface area contributed by atoms with Crippen molar-refractivity contribution in [2.24, 2.45) is 5.92 Å². The summed E-state index contributed by atoms with van der Waals surface area (Å²) in [5.41, 5.74) is 1.01. The van der Waals surface area contributed by atoms with E-state index in [9.17, 15) is 5.11 Å². The van der Waals surface area contributed by atoms with Gasteiger partial charge in [-0.2, -0.15) is 0 Å². The van der Waals surface area contributed by atoms with Gasteiger partial charge in [-0.3, -0.25) is 0 Å².